The van der Waals surface area contributed by atoms with Crippen molar-refractivity contribution >= 4 is 29.1 Å². The van der Waals surface area contributed by atoms with Gasteiger partial charge in [0.25, 0.3) is 0 Å². The van der Waals surface area contributed by atoms with Gasteiger partial charge in [-0.1, -0.05) is 6.07 Å². The van der Waals surface area contributed by atoms with E-state index in [1.54, 1.807) is 0 Å². The second-order valence-electron chi connectivity index (χ2n) is 4.77. The molecule has 0 bridgehead atoms. The van der Waals surface area contributed by atoms with E-state index in [1.165, 1.54) is 40.8 Å². The van der Waals surface area contributed by atoms with E-state index in [9.17, 15) is 4.79 Å². The molecule has 0 amide bonds. The highest BCUT2D eigenvalue weighted by Crippen LogP contribution is 2.33. The lowest BCUT2D eigenvalue weighted by Crippen LogP contribution is -1.99. The molecule has 4 nitrogen and oxygen atoms in total. The molecule has 0 aromatic carbocycles. The number of aliphatic carboxylic acids is 1. The third-order valence-corrected chi connectivity index (χ3v) is 5.43. The van der Waals surface area contributed by atoms with Crippen molar-refractivity contribution in [3.63, 3.8) is 0 Å². The summed E-state index contributed by atoms with van der Waals surface area (Å²) in [6.45, 7) is 1.86. The molecule has 1 N–H and O–H groups in total. The Labute approximate surface area is 125 Å². The van der Waals surface area contributed by atoms with Crippen molar-refractivity contribution in [2.75, 3.05) is 0 Å². The van der Waals surface area contributed by atoms with E-state index in [2.05, 4.69) is 16.0 Å². The number of thiazole rings is 1. The van der Waals surface area contributed by atoms with Crippen LogP contribution in [0, 0.1) is 6.92 Å². The van der Waals surface area contributed by atoms with Crippen molar-refractivity contribution < 1.29 is 9.90 Å². The maximum absolute atomic E-state index is 10.8. The number of carboxylic acid groups (broad SMARTS) is 1. The van der Waals surface area contributed by atoms with Gasteiger partial charge >= 0.3 is 5.97 Å². The van der Waals surface area contributed by atoms with Crippen LogP contribution in [-0.4, -0.2) is 21.0 Å². The third-order valence-electron chi connectivity index (χ3n) is 3.28. The molecule has 0 spiro atoms. The quantitative estimate of drug-likeness (QED) is 0.940. The number of hydrogen-bond donors (Lipinski definition) is 1. The first-order valence-corrected chi connectivity index (χ1v) is 8.10. The second-order valence-corrected chi connectivity index (χ2v) is 7.12. The lowest BCUT2D eigenvalue weighted by molar-refractivity contribution is -0.136. The highest BCUT2D eigenvalue weighted by atomic mass is 32.2. The van der Waals surface area contributed by atoms with Gasteiger partial charge in [0.05, 0.1) is 12.1 Å². The predicted octanol–water partition coefficient (Wildman–Crippen LogP) is 3.11. The van der Waals surface area contributed by atoms with Crippen LogP contribution in [0.15, 0.2) is 21.5 Å². The molecule has 1 aliphatic carbocycles. The molecule has 20 heavy (non-hydrogen) atoms. The van der Waals surface area contributed by atoms with E-state index in [-0.39, 0.29) is 6.42 Å². The monoisotopic (exact) mass is 306 g/mol. The van der Waals surface area contributed by atoms with Crippen LogP contribution in [0.5, 0.6) is 0 Å². The van der Waals surface area contributed by atoms with Crippen molar-refractivity contribution in [1.82, 2.24) is 9.97 Å². The zero-order chi connectivity index (χ0) is 14.1. The van der Waals surface area contributed by atoms with E-state index in [0.717, 1.165) is 32.8 Å². The Bertz CT molecular complexity index is 667. The molecule has 2 heterocycles. The van der Waals surface area contributed by atoms with Crippen molar-refractivity contribution in [1.29, 1.82) is 0 Å². The molecule has 0 atom stereocenters. The van der Waals surface area contributed by atoms with Crippen LogP contribution in [-0.2, 0) is 24.1 Å². The molecule has 0 saturated carbocycles. The first-order chi connectivity index (χ1) is 9.61. The molecule has 0 fully saturated rings. The average molecular weight is 306 g/mol. The number of nitrogens with zero attached hydrogens (tertiary/aromatic N) is 2. The maximum atomic E-state index is 10.8. The molecule has 1 aliphatic rings. The van der Waals surface area contributed by atoms with Gasteiger partial charge in [0.15, 0.2) is 4.34 Å². The summed E-state index contributed by atoms with van der Waals surface area (Å²) in [7, 11) is 0. The molecule has 0 unspecified atom stereocenters. The van der Waals surface area contributed by atoms with Crippen LogP contribution in [0.4, 0.5) is 0 Å². The SMILES string of the molecule is Cc1nc(Sc2ccc3c(n2)CCC3)sc1CC(=O)O. The third kappa shape index (κ3) is 2.86. The van der Waals surface area contributed by atoms with Gasteiger partial charge in [-0.25, -0.2) is 9.97 Å². The highest BCUT2D eigenvalue weighted by molar-refractivity contribution is 8.01. The van der Waals surface area contributed by atoms with Crippen LogP contribution >= 0.6 is 23.1 Å². The smallest absolute Gasteiger partial charge is 0.308 e. The fourth-order valence-electron chi connectivity index (χ4n) is 2.29. The molecular formula is C14H14N2O2S2. The summed E-state index contributed by atoms with van der Waals surface area (Å²) < 4.78 is 0.865. The van der Waals surface area contributed by atoms with Gasteiger partial charge in [-0.3, -0.25) is 4.79 Å². The molecule has 0 radical (unpaired) electrons. The minimum absolute atomic E-state index is 0.0433. The predicted molar refractivity (Wildman–Crippen MR) is 78.6 cm³/mol. The molecule has 104 valence electrons. The lowest BCUT2D eigenvalue weighted by Gasteiger charge is -2.01. The second kappa shape index (κ2) is 5.54. The zero-order valence-corrected chi connectivity index (χ0v) is 12.7. The number of carbonyl (C=O) groups is 1. The largest absolute Gasteiger partial charge is 0.481 e. The van der Waals surface area contributed by atoms with Crippen molar-refractivity contribution in [3.05, 3.63) is 34.0 Å². The Morgan fingerprint density at radius 1 is 1.40 bits per heavy atom. The number of rotatable bonds is 4. The Morgan fingerprint density at radius 3 is 3.05 bits per heavy atom. The minimum atomic E-state index is -0.816. The molecule has 3 rings (SSSR count). The van der Waals surface area contributed by atoms with Gasteiger partial charge in [0.1, 0.15) is 5.03 Å². The van der Waals surface area contributed by atoms with Crippen LogP contribution < -0.4 is 0 Å². The first kappa shape index (κ1) is 13.6. The Hall–Kier alpha value is -1.40. The average Bonchev–Trinajstić information content (AvgIpc) is 2.96. The Morgan fingerprint density at radius 2 is 2.25 bits per heavy atom. The fourth-order valence-corrected chi connectivity index (χ4v) is 4.45. The van der Waals surface area contributed by atoms with Crippen LogP contribution in [0.1, 0.15) is 28.2 Å². The first-order valence-electron chi connectivity index (χ1n) is 6.46. The number of fused-ring (bicyclic) bond motifs is 1. The van der Waals surface area contributed by atoms with E-state index < -0.39 is 5.97 Å². The highest BCUT2D eigenvalue weighted by Gasteiger charge is 2.15. The summed E-state index contributed by atoms with van der Waals surface area (Å²) in [6.07, 6.45) is 3.43. The molecular weight excluding hydrogens is 292 g/mol. The Kier molecular flexibility index (Phi) is 3.76. The van der Waals surface area contributed by atoms with Gasteiger partial charge < -0.3 is 5.11 Å². The van der Waals surface area contributed by atoms with Crippen molar-refractivity contribution in [2.45, 2.75) is 42.0 Å². The molecule has 2 aromatic rings. The van der Waals surface area contributed by atoms with E-state index in [0.29, 0.717) is 0 Å². The summed E-state index contributed by atoms with van der Waals surface area (Å²) in [5, 5.41) is 9.80. The summed E-state index contributed by atoms with van der Waals surface area (Å²) >= 11 is 2.97. The number of carboxylic acids is 1. The standard InChI is InChI=1S/C14H14N2O2S2/c1-8-11(7-13(17)18)19-14(15-8)20-12-6-5-9-3-2-4-10(9)16-12/h5-6H,2-4,7H2,1H3,(H,17,18). The fraction of sp³-hybridized carbons (Fsp3) is 0.357. The lowest BCUT2D eigenvalue weighted by atomic mass is 10.2. The number of pyridine rings is 1. The normalized spacial score (nSPS) is 13.4. The summed E-state index contributed by atoms with van der Waals surface area (Å²) in [4.78, 5) is 20.7. The van der Waals surface area contributed by atoms with Gasteiger partial charge in [-0.05, 0) is 49.6 Å². The number of aromatic nitrogens is 2. The van der Waals surface area contributed by atoms with E-state index >= 15 is 0 Å². The van der Waals surface area contributed by atoms with E-state index in [1.807, 2.05) is 13.0 Å². The van der Waals surface area contributed by atoms with Gasteiger partial charge in [0.2, 0.25) is 0 Å². The van der Waals surface area contributed by atoms with Crippen LogP contribution in [0.2, 0.25) is 0 Å². The van der Waals surface area contributed by atoms with Crippen molar-refractivity contribution in [3.8, 4) is 0 Å². The maximum Gasteiger partial charge on any atom is 0.308 e. The zero-order valence-electron chi connectivity index (χ0n) is 11.0. The summed E-state index contributed by atoms with van der Waals surface area (Å²) in [6, 6.07) is 4.18. The van der Waals surface area contributed by atoms with Crippen LogP contribution in [0.3, 0.4) is 0 Å². The van der Waals surface area contributed by atoms with E-state index in [4.69, 9.17) is 5.11 Å². The van der Waals surface area contributed by atoms with Crippen molar-refractivity contribution in [2.24, 2.45) is 0 Å². The molecule has 0 saturated heterocycles. The summed E-state index contributed by atoms with van der Waals surface area (Å²) in [5.74, 6) is -0.816. The molecule has 0 aliphatic heterocycles. The topological polar surface area (TPSA) is 63.1 Å². The number of hydrogen-bond acceptors (Lipinski definition) is 5. The molecule has 2 aromatic heterocycles. The minimum Gasteiger partial charge on any atom is -0.481 e. The Balaban J connectivity index is 1.79. The number of aryl methyl sites for hydroxylation is 3. The van der Waals surface area contributed by atoms with Crippen LogP contribution in [0.25, 0.3) is 0 Å². The molecule has 6 heteroatoms. The summed E-state index contributed by atoms with van der Waals surface area (Å²) in [5.41, 5.74) is 3.37. The van der Waals surface area contributed by atoms with Gasteiger partial charge in [-0.2, -0.15) is 0 Å². The van der Waals surface area contributed by atoms with Gasteiger partial charge in [0, 0.05) is 10.6 Å². The van der Waals surface area contributed by atoms with Gasteiger partial charge in [-0.15, -0.1) is 11.3 Å².